The molecule has 0 saturated carbocycles. The number of halogens is 2. The first-order chi connectivity index (χ1) is 9.41. The van der Waals surface area contributed by atoms with Crippen LogP contribution in [0.4, 0.5) is 4.39 Å². The zero-order chi connectivity index (χ0) is 16.6. The summed E-state index contributed by atoms with van der Waals surface area (Å²) in [5.74, 6) is -1.26. The molecule has 1 aromatic rings. The van der Waals surface area contributed by atoms with Gasteiger partial charge < -0.3 is 4.90 Å². The molecular weight excluding hydrogens is 317 g/mol. The van der Waals surface area contributed by atoms with Gasteiger partial charge in [0.05, 0.1) is 4.90 Å². The van der Waals surface area contributed by atoms with Gasteiger partial charge in [-0.2, -0.15) is 0 Å². The van der Waals surface area contributed by atoms with Crippen LogP contribution >= 0.6 is 10.7 Å². The fourth-order valence-corrected chi connectivity index (χ4v) is 3.03. The second-order valence-corrected chi connectivity index (χ2v) is 8.08. The molecule has 0 aliphatic carbocycles. The summed E-state index contributed by atoms with van der Waals surface area (Å²) in [7, 11) is 2.77. The summed E-state index contributed by atoms with van der Waals surface area (Å²) in [5.41, 5.74) is -0.288. The molecule has 0 aliphatic rings. The van der Waals surface area contributed by atoms with Crippen LogP contribution in [0.25, 0.3) is 0 Å². The molecule has 0 heterocycles. The first-order valence-electron chi connectivity index (χ1n) is 6.44. The Labute approximate surface area is 129 Å². The smallest absolute Gasteiger partial charge is 0.261 e. The van der Waals surface area contributed by atoms with Gasteiger partial charge in [0.25, 0.3) is 15.0 Å². The average Bonchev–Trinajstić information content (AvgIpc) is 2.38. The highest BCUT2D eigenvalue weighted by molar-refractivity contribution is 8.13. The minimum absolute atomic E-state index is 0.00162. The Morgan fingerprint density at radius 1 is 1.38 bits per heavy atom. The monoisotopic (exact) mass is 335 g/mol. The van der Waals surface area contributed by atoms with Crippen LogP contribution in [0, 0.1) is 12.7 Å². The number of carbonyl (C=O) groups is 1. The van der Waals surface area contributed by atoms with Gasteiger partial charge in [0.1, 0.15) is 5.82 Å². The molecule has 0 radical (unpaired) electrons. The van der Waals surface area contributed by atoms with Gasteiger partial charge in [-0.1, -0.05) is 6.92 Å². The van der Waals surface area contributed by atoms with Crippen molar-refractivity contribution in [3.05, 3.63) is 29.1 Å². The number of rotatable bonds is 4. The lowest BCUT2D eigenvalue weighted by atomic mass is 9.98. The highest BCUT2D eigenvalue weighted by Gasteiger charge is 2.29. The Hall–Kier alpha value is -1.14. The molecule has 0 saturated heterocycles. The molecule has 0 spiro atoms. The third-order valence-electron chi connectivity index (χ3n) is 3.90. The highest BCUT2D eigenvalue weighted by Crippen LogP contribution is 2.27. The number of nitrogens with zero attached hydrogens (tertiary/aromatic N) is 1. The van der Waals surface area contributed by atoms with Crippen LogP contribution in [0.15, 0.2) is 17.0 Å². The highest BCUT2D eigenvalue weighted by atomic mass is 35.7. The van der Waals surface area contributed by atoms with Gasteiger partial charge in [0, 0.05) is 28.8 Å². The molecule has 0 unspecified atom stereocenters. The van der Waals surface area contributed by atoms with Gasteiger partial charge in [-0.05, 0) is 44.9 Å². The Kier molecular flexibility index (Phi) is 5.05. The van der Waals surface area contributed by atoms with Crippen molar-refractivity contribution in [2.24, 2.45) is 0 Å². The van der Waals surface area contributed by atoms with Crippen LogP contribution in [-0.4, -0.2) is 31.8 Å². The summed E-state index contributed by atoms with van der Waals surface area (Å²) < 4.78 is 36.6. The number of carbonyl (C=O) groups excluding carboxylic acids is 1. The van der Waals surface area contributed by atoms with Crippen molar-refractivity contribution >= 4 is 25.6 Å². The van der Waals surface area contributed by atoms with Gasteiger partial charge in [0.2, 0.25) is 0 Å². The van der Waals surface area contributed by atoms with E-state index in [9.17, 15) is 17.6 Å². The molecule has 1 rings (SSSR count). The lowest BCUT2D eigenvalue weighted by Crippen LogP contribution is -2.44. The fraction of sp³-hybridized carbons (Fsp3) is 0.500. The van der Waals surface area contributed by atoms with Crippen molar-refractivity contribution < 1.29 is 17.6 Å². The third kappa shape index (κ3) is 3.74. The van der Waals surface area contributed by atoms with Crippen molar-refractivity contribution in [3.63, 3.8) is 0 Å². The van der Waals surface area contributed by atoms with Crippen LogP contribution in [0.3, 0.4) is 0 Å². The summed E-state index contributed by atoms with van der Waals surface area (Å²) in [5, 5.41) is 0. The van der Waals surface area contributed by atoms with Gasteiger partial charge in [0.15, 0.2) is 0 Å². The molecule has 1 aromatic carbocycles. The minimum atomic E-state index is -4.12. The van der Waals surface area contributed by atoms with Crippen molar-refractivity contribution in [2.75, 3.05) is 7.05 Å². The van der Waals surface area contributed by atoms with Crippen molar-refractivity contribution in [1.29, 1.82) is 0 Å². The zero-order valence-electron chi connectivity index (χ0n) is 12.7. The lowest BCUT2D eigenvalue weighted by molar-refractivity contribution is 0.0618. The molecule has 21 heavy (non-hydrogen) atoms. The molecule has 0 bridgehead atoms. The molecule has 7 heteroatoms. The number of amides is 1. The van der Waals surface area contributed by atoms with E-state index in [1.807, 2.05) is 20.8 Å². The van der Waals surface area contributed by atoms with E-state index in [4.69, 9.17) is 10.7 Å². The van der Waals surface area contributed by atoms with Crippen molar-refractivity contribution in [1.82, 2.24) is 4.90 Å². The second-order valence-electron chi connectivity index (χ2n) is 5.54. The Balaban J connectivity index is 3.45. The molecule has 0 fully saturated rings. The first-order valence-corrected chi connectivity index (χ1v) is 8.75. The second kappa shape index (κ2) is 5.93. The Bertz CT molecular complexity index is 671. The van der Waals surface area contributed by atoms with E-state index in [1.54, 1.807) is 7.05 Å². The van der Waals surface area contributed by atoms with E-state index in [1.165, 1.54) is 11.8 Å². The van der Waals surface area contributed by atoms with E-state index in [0.717, 1.165) is 12.1 Å². The maximum absolute atomic E-state index is 13.6. The molecular formula is C14H19ClFNO3S. The standard InChI is InChI=1S/C14H19ClFNO3S/c1-6-14(3,4)17(5)13(18)11-7-10(16)8-12(9(11)2)21(15,19)20/h7-8H,6H2,1-5H3. The summed E-state index contributed by atoms with van der Waals surface area (Å²) in [6.45, 7) is 7.11. The quantitative estimate of drug-likeness (QED) is 0.793. The van der Waals surface area contributed by atoms with E-state index in [0.29, 0.717) is 6.42 Å². The maximum atomic E-state index is 13.6. The predicted molar refractivity (Wildman–Crippen MR) is 80.6 cm³/mol. The largest absolute Gasteiger partial charge is 0.337 e. The van der Waals surface area contributed by atoms with Crippen LogP contribution in [0.2, 0.25) is 0 Å². The molecule has 118 valence electrons. The normalized spacial score (nSPS) is 12.3. The maximum Gasteiger partial charge on any atom is 0.261 e. The third-order valence-corrected chi connectivity index (χ3v) is 5.34. The molecule has 0 aromatic heterocycles. The molecule has 0 atom stereocenters. The van der Waals surface area contributed by atoms with E-state index in [2.05, 4.69) is 0 Å². The number of hydrogen-bond donors (Lipinski definition) is 0. The predicted octanol–water partition coefficient (Wildman–Crippen LogP) is 3.32. The number of hydrogen-bond acceptors (Lipinski definition) is 3. The van der Waals surface area contributed by atoms with Crippen LogP contribution in [0.5, 0.6) is 0 Å². The summed E-state index contributed by atoms with van der Waals surface area (Å²) in [6, 6.07) is 1.85. The average molecular weight is 336 g/mol. The SMILES string of the molecule is CCC(C)(C)N(C)C(=O)c1cc(F)cc(S(=O)(=O)Cl)c1C. The van der Waals surface area contributed by atoms with E-state index in [-0.39, 0.29) is 16.0 Å². The summed E-state index contributed by atoms with van der Waals surface area (Å²) >= 11 is 0. The molecule has 4 nitrogen and oxygen atoms in total. The molecule has 1 amide bonds. The van der Waals surface area contributed by atoms with Gasteiger partial charge in [-0.25, -0.2) is 12.8 Å². The summed E-state index contributed by atoms with van der Waals surface area (Å²) in [6.07, 6.45) is 0.699. The first kappa shape index (κ1) is 17.9. The van der Waals surface area contributed by atoms with Crippen LogP contribution in [0.1, 0.15) is 43.1 Å². The van der Waals surface area contributed by atoms with Gasteiger partial charge in [-0.15, -0.1) is 0 Å². The fourth-order valence-electron chi connectivity index (χ4n) is 1.82. The van der Waals surface area contributed by atoms with Crippen LogP contribution < -0.4 is 0 Å². The van der Waals surface area contributed by atoms with Crippen molar-refractivity contribution in [3.8, 4) is 0 Å². The lowest BCUT2D eigenvalue weighted by Gasteiger charge is -2.35. The van der Waals surface area contributed by atoms with Gasteiger partial charge in [-0.3, -0.25) is 4.79 Å². The van der Waals surface area contributed by atoms with Gasteiger partial charge >= 0.3 is 0 Å². The molecule has 0 aliphatic heterocycles. The van der Waals surface area contributed by atoms with E-state index >= 15 is 0 Å². The molecule has 0 N–H and O–H groups in total. The summed E-state index contributed by atoms with van der Waals surface area (Å²) in [4.78, 5) is 13.6. The minimum Gasteiger partial charge on any atom is -0.337 e. The Morgan fingerprint density at radius 2 is 1.90 bits per heavy atom. The Morgan fingerprint density at radius 3 is 2.33 bits per heavy atom. The zero-order valence-corrected chi connectivity index (χ0v) is 14.3. The van der Waals surface area contributed by atoms with E-state index < -0.39 is 26.3 Å². The van der Waals surface area contributed by atoms with Crippen LogP contribution in [-0.2, 0) is 9.05 Å². The topological polar surface area (TPSA) is 54.5 Å². The number of benzene rings is 1. The van der Waals surface area contributed by atoms with Crippen molar-refractivity contribution in [2.45, 2.75) is 44.6 Å².